The van der Waals surface area contributed by atoms with Crippen molar-refractivity contribution < 1.29 is 33.6 Å². The summed E-state index contributed by atoms with van der Waals surface area (Å²) in [5.41, 5.74) is 2.46. The highest BCUT2D eigenvalue weighted by atomic mass is 16.5. The SMILES string of the molecule is COc1cc2c(cc1OC)[C@@H](CC(=O)O)c1cc(OC)c(OC)cc1C(=O)C2. The van der Waals surface area contributed by atoms with Crippen LogP contribution in [0.2, 0.25) is 0 Å². The molecule has 1 atom stereocenters. The summed E-state index contributed by atoms with van der Waals surface area (Å²) in [6.45, 7) is 0. The van der Waals surface area contributed by atoms with Crippen LogP contribution in [-0.2, 0) is 11.2 Å². The molecule has 3 rings (SSSR count). The Morgan fingerprint density at radius 2 is 1.39 bits per heavy atom. The molecule has 7 nitrogen and oxygen atoms in total. The molecule has 28 heavy (non-hydrogen) atoms. The van der Waals surface area contributed by atoms with Crippen LogP contribution in [-0.4, -0.2) is 45.3 Å². The van der Waals surface area contributed by atoms with E-state index in [9.17, 15) is 14.7 Å². The van der Waals surface area contributed by atoms with Crippen LogP contribution in [0.5, 0.6) is 23.0 Å². The molecule has 0 aliphatic heterocycles. The summed E-state index contributed by atoms with van der Waals surface area (Å²) in [5.74, 6) is 0.183. The average molecular weight is 386 g/mol. The van der Waals surface area contributed by atoms with Gasteiger partial charge in [0.1, 0.15) is 0 Å². The van der Waals surface area contributed by atoms with E-state index in [1.165, 1.54) is 28.4 Å². The second-order valence-electron chi connectivity index (χ2n) is 6.45. The third kappa shape index (κ3) is 3.35. The van der Waals surface area contributed by atoms with Gasteiger partial charge in [-0.15, -0.1) is 0 Å². The highest BCUT2D eigenvalue weighted by Crippen LogP contribution is 2.44. The fraction of sp³-hybridized carbons (Fsp3) is 0.333. The van der Waals surface area contributed by atoms with Crippen molar-refractivity contribution in [2.45, 2.75) is 18.8 Å². The molecule has 1 aliphatic carbocycles. The molecule has 0 saturated heterocycles. The number of fused-ring (bicyclic) bond motifs is 2. The molecular weight excluding hydrogens is 364 g/mol. The van der Waals surface area contributed by atoms with Crippen LogP contribution in [0.25, 0.3) is 0 Å². The highest BCUT2D eigenvalue weighted by Gasteiger charge is 2.32. The van der Waals surface area contributed by atoms with E-state index in [4.69, 9.17) is 18.9 Å². The third-order valence-electron chi connectivity index (χ3n) is 4.98. The molecule has 1 N–H and O–H groups in total. The van der Waals surface area contributed by atoms with Crippen molar-refractivity contribution in [2.75, 3.05) is 28.4 Å². The quantitative estimate of drug-likeness (QED) is 0.816. The van der Waals surface area contributed by atoms with Crippen LogP contribution in [0.4, 0.5) is 0 Å². The molecule has 7 heteroatoms. The Labute approximate surface area is 162 Å². The number of carboxylic acids is 1. The Morgan fingerprint density at radius 1 is 0.893 bits per heavy atom. The molecule has 0 aromatic heterocycles. The van der Waals surface area contributed by atoms with Crippen molar-refractivity contribution >= 4 is 11.8 Å². The molecule has 0 amide bonds. The Bertz CT molecular complexity index is 933. The Morgan fingerprint density at radius 3 is 1.93 bits per heavy atom. The summed E-state index contributed by atoms with van der Waals surface area (Å²) in [6, 6.07) is 6.79. The number of ether oxygens (including phenoxy) is 4. The summed E-state index contributed by atoms with van der Waals surface area (Å²) in [4.78, 5) is 24.6. The van der Waals surface area contributed by atoms with Crippen molar-refractivity contribution in [3.63, 3.8) is 0 Å². The van der Waals surface area contributed by atoms with Gasteiger partial charge in [0.05, 0.1) is 34.9 Å². The van der Waals surface area contributed by atoms with Crippen molar-refractivity contribution in [3.05, 3.63) is 46.5 Å². The lowest BCUT2D eigenvalue weighted by molar-refractivity contribution is -0.137. The molecule has 1 aliphatic rings. The third-order valence-corrected chi connectivity index (χ3v) is 4.98. The number of Topliss-reactive ketones (excluding diaryl/α,β-unsaturated/α-hetero) is 1. The Hall–Kier alpha value is -3.22. The fourth-order valence-electron chi connectivity index (χ4n) is 3.67. The minimum Gasteiger partial charge on any atom is -0.493 e. The maximum absolute atomic E-state index is 13.0. The lowest BCUT2D eigenvalue weighted by Crippen LogP contribution is -2.11. The molecule has 148 valence electrons. The van der Waals surface area contributed by atoms with E-state index in [0.717, 1.165) is 5.56 Å². The largest absolute Gasteiger partial charge is 0.493 e. The first-order chi connectivity index (χ1) is 13.4. The Kier molecular flexibility index (Phi) is 5.44. The van der Waals surface area contributed by atoms with Gasteiger partial charge < -0.3 is 24.1 Å². The molecule has 0 saturated carbocycles. The first kappa shape index (κ1) is 19.5. The molecular formula is C21H22O7. The summed E-state index contributed by atoms with van der Waals surface area (Å²) < 4.78 is 21.4. The van der Waals surface area contributed by atoms with Gasteiger partial charge in [0.2, 0.25) is 0 Å². The van der Waals surface area contributed by atoms with Gasteiger partial charge in [-0.05, 0) is 41.0 Å². The lowest BCUT2D eigenvalue weighted by Gasteiger charge is -2.21. The second kappa shape index (κ2) is 7.80. The number of hydrogen-bond donors (Lipinski definition) is 1. The number of rotatable bonds is 6. The van der Waals surface area contributed by atoms with Crippen LogP contribution in [0, 0.1) is 0 Å². The minimum atomic E-state index is -0.971. The zero-order chi connectivity index (χ0) is 20.4. The van der Waals surface area contributed by atoms with E-state index in [2.05, 4.69) is 0 Å². The monoisotopic (exact) mass is 386 g/mol. The zero-order valence-corrected chi connectivity index (χ0v) is 16.2. The second-order valence-corrected chi connectivity index (χ2v) is 6.45. The number of carbonyl (C=O) groups excluding carboxylic acids is 1. The van der Waals surface area contributed by atoms with Crippen LogP contribution in [0.1, 0.15) is 39.4 Å². The molecule has 0 unspecified atom stereocenters. The van der Waals surface area contributed by atoms with Gasteiger partial charge in [0.25, 0.3) is 0 Å². The first-order valence-electron chi connectivity index (χ1n) is 8.69. The summed E-state index contributed by atoms with van der Waals surface area (Å²) in [6.07, 6.45) is -0.0630. The highest BCUT2D eigenvalue weighted by molar-refractivity contribution is 6.01. The molecule has 2 aromatic rings. The van der Waals surface area contributed by atoms with Gasteiger partial charge in [-0.2, -0.15) is 0 Å². The van der Waals surface area contributed by atoms with E-state index in [-0.39, 0.29) is 18.6 Å². The fourth-order valence-corrected chi connectivity index (χ4v) is 3.67. The number of benzene rings is 2. The molecule has 0 radical (unpaired) electrons. The maximum atomic E-state index is 13.0. The van der Waals surface area contributed by atoms with Crippen LogP contribution in [0.15, 0.2) is 24.3 Å². The molecule has 0 bridgehead atoms. The number of carboxylic acid groups (broad SMARTS) is 1. The topological polar surface area (TPSA) is 91.3 Å². The predicted molar refractivity (Wildman–Crippen MR) is 101 cm³/mol. The smallest absolute Gasteiger partial charge is 0.304 e. The van der Waals surface area contributed by atoms with Gasteiger partial charge >= 0.3 is 5.97 Å². The van der Waals surface area contributed by atoms with Gasteiger partial charge in [-0.3, -0.25) is 9.59 Å². The molecule has 2 aromatic carbocycles. The van der Waals surface area contributed by atoms with Gasteiger partial charge in [-0.1, -0.05) is 0 Å². The van der Waals surface area contributed by atoms with Crippen molar-refractivity contribution in [2.24, 2.45) is 0 Å². The van der Waals surface area contributed by atoms with E-state index in [1.807, 2.05) is 0 Å². The molecule has 0 spiro atoms. The number of carbonyl (C=O) groups is 2. The summed E-state index contributed by atoms with van der Waals surface area (Å²) in [5, 5.41) is 9.53. The number of aliphatic carboxylic acids is 1. The molecule has 0 fully saturated rings. The maximum Gasteiger partial charge on any atom is 0.304 e. The van der Waals surface area contributed by atoms with Crippen LogP contribution in [0.3, 0.4) is 0 Å². The number of ketones is 1. The summed E-state index contributed by atoms with van der Waals surface area (Å²) in [7, 11) is 6.02. The molecule has 0 heterocycles. The van der Waals surface area contributed by atoms with Crippen LogP contribution < -0.4 is 18.9 Å². The van der Waals surface area contributed by atoms with E-state index >= 15 is 0 Å². The summed E-state index contributed by atoms with van der Waals surface area (Å²) >= 11 is 0. The number of methoxy groups -OCH3 is 4. The Balaban J connectivity index is 2.30. The van der Waals surface area contributed by atoms with Gasteiger partial charge in [0, 0.05) is 17.9 Å². The predicted octanol–water partition coefficient (Wildman–Crippen LogP) is 3.07. The van der Waals surface area contributed by atoms with Crippen molar-refractivity contribution in [3.8, 4) is 23.0 Å². The normalized spacial score (nSPS) is 15.1. The van der Waals surface area contributed by atoms with E-state index in [1.54, 1.807) is 24.3 Å². The van der Waals surface area contributed by atoms with Gasteiger partial charge in [0.15, 0.2) is 28.8 Å². The number of hydrogen-bond acceptors (Lipinski definition) is 6. The standard InChI is InChI=1S/C21H22O7/c1-25-17-6-11-5-16(22)15-9-20(28-4)19(27-3)8-13(15)14(10-21(23)24)12(11)7-18(17)26-2/h6-9,14H,5,10H2,1-4H3,(H,23,24)/t14-/m1/s1. The first-order valence-corrected chi connectivity index (χ1v) is 8.69. The van der Waals surface area contributed by atoms with Gasteiger partial charge in [-0.25, -0.2) is 0 Å². The van der Waals surface area contributed by atoms with E-state index in [0.29, 0.717) is 39.7 Å². The lowest BCUT2D eigenvalue weighted by atomic mass is 9.85. The van der Waals surface area contributed by atoms with E-state index < -0.39 is 11.9 Å². The van der Waals surface area contributed by atoms with Crippen molar-refractivity contribution in [1.29, 1.82) is 0 Å². The van der Waals surface area contributed by atoms with Crippen LogP contribution >= 0.6 is 0 Å². The average Bonchev–Trinajstić information content (AvgIpc) is 2.79. The zero-order valence-electron chi connectivity index (χ0n) is 16.2. The van der Waals surface area contributed by atoms with Crippen molar-refractivity contribution in [1.82, 2.24) is 0 Å². The minimum absolute atomic E-state index is 0.119.